The number of ether oxygens (including phenoxy) is 1. The standard InChI is InChI=1S/C29H31NO4/c1-2-18-34-28(29(32)33)19-22-15-13-21(14-16-22)8-7-17-30-25-11-5-3-9-23(25)20-27(31)24-10-4-6-12-26(24)30/h3-6,9-16,28H,2,7-8,17-20H2,1H3,(H,32,33). The Kier molecular flexibility index (Phi) is 7.76. The molecule has 1 atom stereocenters. The van der Waals surface area contributed by atoms with Crippen molar-refractivity contribution in [2.24, 2.45) is 0 Å². The van der Waals surface area contributed by atoms with Gasteiger partial charge in [-0.25, -0.2) is 4.79 Å². The van der Waals surface area contributed by atoms with Crippen molar-refractivity contribution in [3.05, 3.63) is 95.1 Å². The molecular formula is C29H31NO4. The van der Waals surface area contributed by atoms with Gasteiger partial charge in [-0.15, -0.1) is 0 Å². The topological polar surface area (TPSA) is 66.8 Å². The van der Waals surface area contributed by atoms with Crippen molar-refractivity contribution in [3.8, 4) is 0 Å². The summed E-state index contributed by atoms with van der Waals surface area (Å²) in [6.45, 7) is 3.22. The minimum Gasteiger partial charge on any atom is -0.479 e. The maximum absolute atomic E-state index is 12.8. The van der Waals surface area contributed by atoms with Crippen LogP contribution in [-0.2, 0) is 28.8 Å². The quantitative estimate of drug-likeness (QED) is 0.428. The summed E-state index contributed by atoms with van der Waals surface area (Å²) in [6.07, 6.45) is 2.59. The largest absolute Gasteiger partial charge is 0.479 e. The SMILES string of the molecule is CCCOC(Cc1ccc(CCCN2c3ccccc3CC(=O)c3ccccc32)cc1)C(=O)O. The van der Waals surface area contributed by atoms with E-state index in [0.717, 1.165) is 53.9 Å². The lowest BCUT2D eigenvalue weighted by molar-refractivity contribution is -0.150. The molecule has 0 saturated heterocycles. The number of carbonyl (C=O) groups excluding carboxylic acids is 1. The van der Waals surface area contributed by atoms with Gasteiger partial charge < -0.3 is 14.7 Å². The second-order valence-corrected chi connectivity index (χ2v) is 8.72. The fraction of sp³-hybridized carbons (Fsp3) is 0.310. The first-order chi connectivity index (χ1) is 16.6. The molecule has 0 spiro atoms. The number of carboxylic acid groups (broad SMARTS) is 1. The van der Waals surface area contributed by atoms with Gasteiger partial charge in [0, 0.05) is 37.2 Å². The van der Waals surface area contributed by atoms with Gasteiger partial charge in [-0.1, -0.05) is 61.5 Å². The lowest BCUT2D eigenvalue weighted by Crippen LogP contribution is -2.26. The molecule has 176 valence electrons. The third kappa shape index (κ3) is 5.54. The summed E-state index contributed by atoms with van der Waals surface area (Å²) in [6, 6.07) is 24.2. The number of carboxylic acids is 1. The number of aryl methyl sites for hydroxylation is 1. The van der Waals surface area contributed by atoms with E-state index in [1.165, 1.54) is 5.56 Å². The predicted octanol–water partition coefficient (Wildman–Crippen LogP) is 5.62. The Hall–Kier alpha value is -3.44. The van der Waals surface area contributed by atoms with Gasteiger partial charge in [0.2, 0.25) is 0 Å². The average molecular weight is 458 g/mol. The summed E-state index contributed by atoms with van der Waals surface area (Å²) in [7, 11) is 0. The number of nitrogens with zero attached hydrogens (tertiary/aromatic N) is 1. The minimum atomic E-state index is -0.922. The van der Waals surface area contributed by atoms with Crippen molar-refractivity contribution in [2.75, 3.05) is 18.1 Å². The summed E-state index contributed by atoms with van der Waals surface area (Å²) in [5.41, 5.74) is 6.08. The monoisotopic (exact) mass is 457 g/mol. The molecule has 5 heteroatoms. The first-order valence-corrected chi connectivity index (χ1v) is 12.0. The molecule has 1 N–H and O–H groups in total. The van der Waals surface area contributed by atoms with Gasteiger partial charge in [0.05, 0.1) is 5.69 Å². The van der Waals surface area contributed by atoms with Crippen molar-refractivity contribution in [1.29, 1.82) is 0 Å². The second-order valence-electron chi connectivity index (χ2n) is 8.72. The van der Waals surface area contributed by atoms with Crippen LogP contribution >= 0.6 is 0 Å². The molecule has 0 aromatic heterocycles. The molecule has 1 unspecified atom stereocenters. The molecule has 0 amide bonds. The Morgan fingerprint density at radius 3 is 2.38 bits per heavy atom. The van der Waals surface area contributed by atoms with Crippen LogP contribution in [0, 0.1) is 0 Å². The van der Waals surface area contributed by atoms with Crippen LogP contribution in [0.5, 0.6) is 0 Å². The zero-order valence-corrected chi connectivity index (χ0v) is 19.6. The molecule has 0 aliphatic carbocycles. The lowest BCUT2D eigenvalue weighted by Gasteiger charge is -2.26. The Morgan fingerprint density at radius 2 is 1.65 bits per heavy atom. The van der Waals surface area contributed by atoms with Crippen molar-refractivity contribution in [2.45, 2.75) is 45.1 Å². The van der Waals surface area contributed by atoms with Crippen LogP contribution < -0.4 is 4.90 Å². The number of aliphatic carboxylic acids is 1. The molecule has 4 rings (SSSR count). The number of para-hydroxylation sites is 2. The fourth-order valence-corrected chi connectivity index (χ4v) is 4.48. The molecule has 3 aromatic rings. The molecule has 1 aliphatic rings. The van der Waals surface area contributed by atoms with Crippen molar-refractivity contribution in [1.82, 2.24) is 0 Å². The predicted molar refractivity (Wildman–Crippen MR) is 134 cm³/mol. The number of rotatable bonds is 10. The molecule has 0 radical (unpaired) electrons. The van der Waals surface area contributed by atoms with Gasteiger partial charge >= 0.3 is 5.97 Å². The molecular weight excluding hydrogens is 426 g/mol. The van der Waals surface area contributed by atoms with E-state index in [9.17, 15) is 14.7 Å². The van der Waals surface area contributed by atoms with Crippen molar-refractivity contribution < 1.29 is 19.4 Å². The molecule has 0 saturated carbocycles. The molecule has 5 nitrogen and oxygen atoms in total. The Balaban J connectivity index is 1.43. The van der Waals surface area contributed by atoms with Crippen molar-refractivity contribution in [3.63, 3.8) is 0 Å². The summed E-state index contributed by atoms with van der Waals surface area (Å²) < 4.78 is 5.47. The first kappa shape index (κ1) is 23.7. The van der Waals surface area contributed by atoms with Crippen LogP contribution in [0.1, 0.15) is 46.8 Å². The third-order valence-electron chi connectivity index (χ3n) is 6.22. The molecule has 0 fully saturated rings. The smallest absolute Gasteiger partial charge is 0.333 e. The molecule has 0 bridgehead atoms. The zero-order valence-electron chi connectivity index (χ0n) is 19.6. The highest BCUT2D eigenvalue weighted by Gasteiger charge is 2.24. The Morgan fingerprint density at radius 1 is 0.971 bits per heavy atom. The fourth-order valence-electron chi connectivity index (χ4n) is 4.48. The van der Waals surface area contributed by atoms with Gasteiger partial charge in [-0.3, -0.25) is 4.79 Å². The third-order valence-corrected chi connectivity index (χ3v) is 6.22. The number of Topliss-reactive ketones (excluding diaryl/α,β-unsaturated/α-hetero) is 1. The first-order valence-electron chi connectivity index (χ1n) is 12.0. The lowest BCUT2D eigenvalue weighted by atomic mass is 10.0. The number of ketones is 1. The Labute approximate surface area is 201 Å². The van der Waals surface area contributed by atoms with E-state index < -0.39 is 12.1 Å². The highest BCUT2D eigenvalue weighted by atomic mass is 16.5. The normalized spacial score (nSPS) is 13.7. The van der Waals surface area contributed by atoms with E-state index in [4.69, 9.17) is 4.74 Å². The number of carbonyl (C=O) groups is 2. The van der Waals surface area contributed by atoms with E-state index in [-0.39, 0.29) is 5.78 Å². The van der Waals surface area contributed by atoms with Crippen LogP contribution in [0.4, 0.5) is 11.4 Å². The van der Waals surface area contributed by atoms with Gasteiger partial charge in [-0.2, -0.15) is 0 Å². The number of anilines is 2. The van der Waals surface area contributed by atoms with E-state index in [1.54, 1.807) is 0 Å². The van der Waals surface area contributed by atoms with Crippen LogP contribution in [0.15, 0.2) is 72.8 Å². The van der Waals surface area contributed by atoms with E-state index >= 15 is 0 Å². The summed E-state index contributed by atoms with van der Waals surface area (Å²) in [5.74, 6) is -0.766. The maximum Gasteiger partial charge on any atom is 0.333 e. The van der Waals surface area contributed by atoms with Crippen LogP contribution in [0.2, 0.25) is 0 Å². The number of hydrogen-bond donors (Lipinski definition) is 1. The molecule has 1 heterocycles. The number of hydrogen-bond acceptors (Lipinski definition) is 4. The highest BCUT2D eigenvalue weighted by Crippen LogP contribution is 2.36. The van der Waals surface area contributed by atoms with E-state index in [1.807, 2.05) is 61.5 Å². The zero-order chi connectivity index (χ0) is 23.9. The number of benzene rings is 3. The average Bonchev–Trinajstić information content (AvgIpc) is 2.97. The number of fused-ring (bicyclic) bond motifs is 2. The molecule has 1 aliphatic heterocycles. The maximum atomic E-state index is 12.8. The summed E-state index contributed by atoms with van der Waals surface area (Å²) in [4.78, 5) is 26.6. The van der Waals surface area contributed by atoms with E-state index in [0.29, 0.717) is 19.4 Å². The van der Waals surface area contributed by atoms with Crippen LogP contribution in [0.3, 0.4) is 0 Å². The van der Waals surface area contributed by atoms with Crippen LogP contribution in [-0.4, -0.2) is 36.1 Å². The highest BCUT2D eigenvalue weighted by molar-refractivity contribution is 6.05. The minimum absolute atomic E-state index is 0.156. The van der Waals surface area contributed by atoms with E-state index in [2.05, 4.69) is 23.1 Å². The van der Waals surface area contributed by atoms with Gasteiger partial charge in [0.15, 0.2) is 11.9 Å². The summed E-state index contributed by atoms with van der Waals surface area (Å²) >= 11 is 0. The second kappa shape index (κ2) is 11.1. The van der Waals surface area contributed by atoms with Crippen LogP contribution in [0.25, 0.3) is 0 Å². The van der Waals surface area contributed by atoms with Crippen molar-refractivity contribution >= 4 is 23.1 Å². The molecule has 34 heavy (non-hydrogen) atoms. The summed E-state index contributed by atoms with van der Waals surface area (Å²) in [5, 5.41) is 9.38. The van der Waals surface area contributed by atoms with Gasteiger partial charge in [0.25, 0.3) is 0 Å². The van der Waals surface area contributed by atoms with Gasteiger partial charge in [0.1, 0.15) is 0 Å². The molecule has 3 aromatic carbocycles. The Bertz CT molecular complexity index is 1140. The van der Waals surface area contributed by atoms with Gasteiger partial charge in [-0.05, 0) is 54.2 Å².